The predicted molar refractivity (Wildman–Crippen MR) is 105 cm³/mol. The molecule has 4 nitrogen and oxygen atoms in total. The number of halogens is 2. The van der Waals surface area contributed by atoms with Gasteiger partial charge < -0.3 is 14.6 Å². The van der Waals surface area contributed by atoms with E-state index in [2.05, 4.69) is 29.9 Å². The van der Waals surface area contributed by atoms with E-state index in [-0.39, 0.29) is 0 Å². The van der Waals surface area contributed by atoms with E-state index in [0.717, 1.165) is 41.8 Å². The van der Waals surface area contributed by atoms with Crippen LogP contribution in [0.1, 0.15) is 12.8 Å². The normalized spacial score (nSPS) is 15.2. The summed E-state index contributed by atoms with van der Waals surface area (Å²) in [4.78, 5) is 4.46. The average molecular weight is 386 g/mol. The number of aromatic nitrogens is 2. The molecule has 0 unspecified atom stereocenters. The van der Waals surface area contributed by atoms with Crippen LogP contribution < -0.4 is 5.32 Å². The van der Waals surface area contributed by atoms with Crippen molar-refractivity contribution in [2.75, 3.05) is 18.5 Å². The standard InChI is InChI=1S/C17H25Cl2N3OSi/c1-24(2,3)7-6-23-11-22-10-13(18)16-14(20-9-12-4-5-12)8-15(19)21-17(16)22/h8,10,12H,4-7,9,11H2,1-3H3,(H,20,21). The van der Waals surface area contributed by atoms with Gasteiger partial charge in [0.15, 0.2) is 0 Å². The maximum absolute atomic E-state index is 6.46. The molecule has 1 fully saturated rings. The van der Waals surface area contributed by atoms with Crippen LogP contribution in [0.4, 0.5) is 5.69 Å². The number of fused-ring (bicyclic) bond motifs is 1. The predicted octanol–water partition coefficient (Wildman–Crippen LogP) is 5.48. The zero-order valence-electron chi connectivity index (χ0n) is 14.5. The molecule has 0 spiro atoms. The largest absolute Gasteiger partial charge is 0.384 e. The van der Waals surface area contributed by atoms with Crippen LogP contribution in [-0.4, -0.2) is 30.8 Å². The van der Waals surface area contributed by atoms with Gasteiger partial charge in [-0.1, -0.05) is 42.8 Å². The molecule has 1 N–H and O–H groups in total. The zero-order chi connectivity index (χ0) is 17.3. The first-order valence-corrected chi connectivity index (χ1v) is 13.0. The van der Waals surface area contributed by atoms with E-state index in [1.807, 2.05) is 16.8 Å². The van der Waals surface area contributed by atoms with Gasteiger partial charge in [0.25, 0.3) is 0 Å². The molecule has 0 bridgehead atoms. The van der Waals surface area contributed by atoms with E-state index in [1.54, 1.807) is 0 Å². The second-order valence-corrected chi connectivity index (χ2v) is 14.2. The van der Waals surface area contributed by atoms with Gasteiger partial charge in [0.2, 0.25) is 0 Å². The molecule has 24 heavy (non-hydrogen) atoms. The Bertz CT molecular complexity index is 723. The minimum absolute atomic E-state index is 0.448. The van der Waals surface area contributed by atoms with Gasteiger partial charge in [-0.15, -0.1) is 0 Å². The third kappa shape index (κ3) is 4.66. The lowest BCUT2D eigenvalue weighted by atomic mass is 10.2. The molecular formula is C17H25Cl2N3OSi. The smallest absolute Gasteiger partial charge is 0.147 e. The van der Waals surface area contributed by atoms with Crippen LogP contribution >= 0.6 is 23.2 Å². The van der Waals surface area contributed by atoms with E-state index in [1.165, 1.54) is 12.8 Å². The Morgan fingerprint density at radius 1 is 1.33 bits per heavy atom. The molecule has 0 aromatic carbocycles. The quantitative estimate of drug-likeness (QED) is 0.371. The molecule has 2 aromatic rings. The van der Waals surface area contributed by atoms with Crippen molar-refractivity contribution < 1.29 is 4.74 Å². The lowest BCUT2D eigenvalue weighted by molar-refractivity contribution is 0.0899. The van der Waals surface area contributed by atoms with E-state index < -0.39 is 8.07 Å². The first-order chi connectivity index (χ1) is 11.3. The van der Waals surface area contributed by atoms with Crippen LogP contribution in [0.5, 0.6) is 0 Å². The molecule has 0 amide bonds. The number of pyridine rings is 1. The summed E-state index contributed by atoms with van der Waals surface area (Å²) in [6, 6.07) is 3.00. The third-order valence-electron chi connectivity index (χ3n) is 4.25. The number of hydrogen-bond donors (Lipinski definition) is 1. The van der Waals surface area contributed by atoms with Crippen molar-refractivity contribution in [1.82, 2.24) is 9.55 Å². The van der Waals surface area contributed by atoms with Gasteiger partial charge in [0.05, 0.1) is 10.4 Å². The number of ether oxygens (including phenoxy) is 1. The van der Waals surface area contributed by atoms with Crippen LogP contribution in [0.25, 0.3) is 11.0 Å². The molecule has 0 aliphatic heterocycles. The molecule has 1 aliphatic carbocycles. The topological polar surface area (TPSA) is 39.1 Å². The molecule has 0 atom stereocenters. The number of rotatable bonds is 8. The highest BCUT2D eigenvalue weighted by Gasteiger charge is 2.22. The summed E-state index contributed by atoms with van der Waals surface area (Å²) in [5.41, 5.74) is 1.74. The van der Waals surface area contributed by atoms with Crippen molar-refractivity contribution in [1.29, 1.82) is 0 Å². The van der Waals surface area contributed by atoms with Crippen molar-refractivity contribution in [2.45, 2.75) is 45.3 Å². The Morgan fingerprint density at radius 3 is 2.75 bits per heavy atom. The van der Waals surface area contributed by atoms with Crippen molar-refractivity contribution >= 4 is 48.0 Å². The fourth-order valence-electron chi connectivity index (χ4n) is 2.56. The van der Waals surface area contributed by atoms with E-state index in [9.17, 15) is 0 Å². The van der Waals surface area contributed by atoms with E-state index in [0.29, 0.717) is 16.9 Å². The average Bonchev–Trinajstić information content (AvgIpc) is 3.25. The minimum Gasteiger partial charge on any atom is -0.384 e. The van der Waals surface area contributed by atoms with Crippen molar-refractivity contribution in [2.24, 2.45) is 5.92 Å². The molecule has 132 valence electrons. The van der Waals surface area contributed by atoms with Crippen molar-refractivity contribution in [3.63, 3.8) is 0 Å². The fourth-order valence-corrected chi connectivity index (χ4v) is 3.81. The van der Waals surface area contributed by atoms with Crippen molar-refractivity contribution in [3.8, 4) is 0 Å². The van der Waals surface area contributed by atoms with Crippen LogP contribution in [0.2, 0.25) is 35.9 Å². The Hall–Kier alpha value is -0.753. The summed E-state index contributed by atoms with van der Waals surface area (Å²) in [6.07, 6.45) is 4.48. The van der Waals surface area contributed by atoms with Gasteiger partial charge in [-0.25, -0.2) is 4.98 Å². The van der Waals surface area contributed by atoms with Gasteiger partial charge in [0, 0.05) is 33.1 Å². The lowest BCUT2D eigenvalue weighted by Crippen LogP contribution is -2.22. The maximum atomic E-state index is 6.46. The molecular weight excluding hydrogens is 361 g/mol. The first-order valence-electron chi connectivity index (χ1n) is 8.50. The maximum Gasteiger partial charge on any atom is 0.147 e. The monoisotopic (exact) mass is 385 g/mol. The van der Waals surface area contributed by atoms with Gasteiger partial charge in [-0.2, -0.15) is 0 Å². The van der Waals surface area contributed by atoms with Gasteiger partial charge in [0.1, 0.15) is 17.5 Å². The van der Waals surface area contributed by atoms with Crippen LogP contribution in [0.15, 0.2) is 12.3 Å². The summed E-state index contributed by atoms with van der Waals surface area (Å²) >= 11 is 12.7. The third-order valence-corrected chi connectivity index (χ3v) is 6.44. The highest BCUT2D eigenvalue weighted by Crippen LogP contribution is 2.35. The Labute approximate surface area is 154 Å². The molecule has 3 rings (SSSR count). The van der Waals surface area contributed by atoms with Gasteiger partial charge in [-0.3, -0.25) is 0 Å². The number of nitrogens with zero attached hydrogens (tertiary/aromatic N) is 2. The molecule has 2 aromatic heterocycles. The molecule has 0 radical (unpaired) electrons. The summed E-state index contributed by atoms with van der Waals surface area (Å²) in [6.45, 7) is 9.21. The Kier molecular flexibility index (Phi) is 5.44. The zero-order valence-corrected chi connectivity index (χ0v) is 17.0. The Morgan fingerprint density at radius 2 is 2.08 bits per heavy atom. The summed E-state index contributed by atoms with van der Waals surface area (Å²) < 4.78 is 7.78. The number of hydrogen-bond acceptors (Lipinski definition) is 3. The van der Waals surface area contributed by atoms with Crippen molar-refractivity contribution in [3.05, 3.63) is 22.4 Å². The van der Waals surface area contributed by atoms with E-state index in [4.69, 9.17) is 27.9 Å². The Balaban J connectivity index is 1.76. The number of anilines is 1. The summed E-state index contributed by atoms with van der Waals surface area (Å²) in [7, 11) is -1.08. The first kappa shape index (κ1) is 18.1. The lowest BCUT2D eigenvalue weighted by Gasteiger charge is -2.15. The molecule has 1 aliphatic rings. The highest BCUT2D eigenvalue weighted by molar-refractivity contribution is 6.76. The molecule has 1 saturated carbocycles. The van der Waals surface area contributed by atoms with Crippen LogP contribution in [0.3, 0.4) is 0 Å². The second-order valence-electron chi connectivity index (χ2n) is 7.81. The summed E-state index contributed by atoms with van der Waals surface area (Å²) in [5.74, 6) is 0.776. The van der Waals surface area contributed by atoms with Gasteiger partial charge in [-0.05, 0) is 30.9 Å². The second kappa shape index (κ2) is 7.24. The molecule has 0 saturated heterocycles. The minimum atomic E-state index is -1.08. The van der Waals surface area contributed by atoms with Gasteiger partial charge >= 0.3 is 0 Å². The molecule has 2 heterocycles. The fraction of sp³-hybridized carbons (Fsp3) is 0.588. The van der Waals surface area contributed by atoms with Crippen LogP contribution in [-0.2, 0) is 11.5 Å². The van der Waals surface area contributed by atoms with E-state index >= 15 is 0 Å². The SMILES string of the molecule is C[Si](C)(C)CCOCn1cc(Cl)c2c(NCC3CC3)cc(Cl)nc21. The summed E-state index contributed by atoms with van der Waals surface area (Å²) in [5, 5.41) is 5.55. The molecule has 7 heteroatoms. The highest BCUT2D eigenvalue weighted by atomic mass is 35.5. The van der Waals surface area contributed by atoms with Crippen LogP contribution in [0, 0.1) is 5.92 Å². The number of nitrogens with one attached hydrogen (secondary N) is 1.